The second-order valence-corrected chi connectivity index (χ2v) is 5.80. The van der Waals surface area contributed by atoms with Crippen LogP contribution in [0.2, 0.25) is 5.02 Å². The molecule has 0 spiro atoms. The van der Waals surface area contributed by atoms with Crippen molar-refractivity contribution in [1.29, 1.82) is 0 Å². The summed E-state index contributed by atoms with van der Waals surface area (Å²) >= 11 is 7.38. The van der Waals surface area contributed by atoms with Gasteiger partial charge in [0, 0.05) is 16.4 Å². The van der Waals surface area contributed by atoms with Gasteiger partial charge in [-0.05, 0) is 30.3 Å². The zero-order valence-electron chi connectivity index (χ0n) is 10.0. The normalized spacial score (nSPS) is 10.9. The monoisotopic (exact) mass is 282 g/mol. The third kappa shape index (κ3) is 2.62. The smallest absolute Gasteiger partial charge is 0.175 e. The second kappa shape index (κ2) is 5.21. The molecule has 0 saturated heterocycles. The Morgan fingerprint density at radius 1 is 1.28 bits per heavy atom. The van der Waals surface area contributed by atoms with Gasteiger partial charge >= 0.3 is 0 Å². The largest absolute Gasteiger partial charge is 0.293 e. The fourth-order valence-electron chi connectivity index (χ4n) is 1.59. The van der Waals surface area contributed by atoms with E-state index < -0.39 is 0 Å². The summed E-state index contributed by atoms with van der Waals surface area (Å²) in [5.41, 5.74) is 0.755. The summed E-state index contributed by atoms with van der Waals surface area (Å²) in [5.74, 6) is -0.275. The molecule has 94 valence electrons. The van der Waals surface area contributed by atoms with Crippen molar-refractivity contribution in [2.75, 3.05) is 0 Å². The van der Waals surface area contributed by atoms with Crippen LogP contribution >= 0.6 is 22.9 Å². The Balaban J connectivity index is 2.38. The molecule has 0 N–H and O–H groups in total. The Morgan fingerprint density at radius 2 is 2.00 bits per heavy atom. The molecule has 0 unspecified atom stereocenters. The van der Waals surface area contributed by atoms with Crippen molar-refractivity contribution in [3.63, 3.8) is 0 Å². The maximum absolute atomic E-state index is 13.0. The number of Topliss-reactive ketones (excluding diaryl/α,β-unsaturated/α-hetero) is 1. The van der Waals surface area contributed by atoms with Gasteiger partial charge < -0.3 is 0 Å². The Morgan fingerprint density at radius 3 is 2.61 bits per heavy atom. The first-order chi connectivity index (χ1) is 8.49. The van der Waals surface area contributed by atoms with Crippen LogP contribution in [0.5, 0.6) is 0 Å². The molecule has 0 amide bonds. The summed E-state index contributed by atoms with van der Waals surface area (Å²) in [6.07, 6.45) is 0. The molecule has 0 radical (unpaired) electrons. The summed E-state index contributed by atoms with van der Waals surface area (Å²) in [6.45, 7) is 3.74. The summed E-state index contributed by atoms with van der Waals surface area (Å²) in [7, 11) is 0. The lowest BCUT2D eigenvalue weighted by Crippen LogP contribution is -2.04. The van der Waals surface area contributed by atoms with Gasteiger partial charge in [0.05, 0.1) is 9.90 Å². The van der Waals surface area contributed by atoms with E-state index in [0.29, 0.717) is 9.90 Å². The molecule has 0 aliphatic heterocycles. The number of benzene rings is 1. The predicted molar refractivity (Wildman–Crippen MR) is 73.9 cm³/mol. The molecule has 2 aromatic rings. The van der Waals surface area contributed by atoms with E-state index in [1.807, 2.05) is 19.9 Å². The van der Waals surface area contributed by atoms with Gasteiger partial charge in [0.2, 0.25) is 0 Å². The molecule has 0 fully saturated rings. The van der Waals surface area contributed by atoms with Gasteiger partial charge in [-0.1, -0.05) is 25.4 Å². The highest BCUT2D eigenvalue weighted by atomic mass is 35.5. The molecule has 0 saturated carbocycles. The lowest BCUT2D eigenvalue weighted by atomic mass is 10.1. The molecule has 0 aliphatic rings. The van der Waals surface area contributed by atoms with Gasteiger partial charge in [-0.2, -0.15) is 0 Å². The Hall–Kier alpha value is -1.19. The van der Waals surface area contributed by atoms with Crippen LogP contribution in [0.1, 0.15) is 23.5 Å². The van der Waals surface area contributed by atoms with Crippen molar-refractivity contribution in [2.45, 2.75) is 13.8 Å². The zero-order chi connectivity index (χ0) is 13.3. The van der Waals surface area contributed by atoms with Crippen molar-refractivity contribution >= 4 is 28.7 Å². The van der Waals surface area contributed by atoms with Crippen LogP contribution < -0.4 is 0 Å². The first-order valence-electron chi connectivity index (χ1n) is 5.58. The zero-order valence-corrected chi connectivity index (χ0v) is 11.6. The fraction of sp³-hybridized carbons (Fsp3) is 0.214. The van der Waals surface area contributed by atoms with Gasteiger partial charge in [0.1, 0.15) is 5.82 Å². The van der Waals surface area contributed by atoms with Crippen molar-refractivity contribution in [3.05, 3.63) is 46.0 Å². The van der Waals surface area contributed by atoms with E-state index in [4.69, 9.17) is 11.6 Å². The number of thiophene rings is 1. The summed E-state index contributed by atoms with van der Waals surface area (Å²) in [5, 5.41) is 0.361. The van der Waals surface area contributed by atoms with Crippen molar-refractivity contribution < 1.29 is 9.18 Å². The third-order valence-corrected chi connectivity index (χ3v) is 4.02. The van der Waals surface area contributed by atoms with Gasteiger partial charge in [-0.25, -0.2) is 4.39 Å². The number of carbonyl (C=O) groups is 1. The molecule has 0 atom stereocenters. The van der Waals surface area contributed by atoms with Crippen LogP contribution in [0.3, 0.4) is 0 Å². The molecule has 1 aromatic heterocycles. The third-order valence-electron chi connectivity index (χ3n) is 2.57. The van der Waals surface area contributed by atoms with E-state index in [-0.39, 0.29) is 17.5 Å². The Kier molecular flexibility index (Phi) is 3.83. The lowest BCUT2D eigenvalue weighted by Gasteiger charge is -2.02. The van der Waals surface area contributed by atoms with Gasteiger partial charge in [0.25, 0.3) is 0 Å². The molecule has 0 aliphatic carbocycles. The standard InChI is InChI=1S/C14H12ClFOS/c1-8(2)14(17)13-6-5-12(18-13)10-4-3-9(16)7-11(10)15/h3-8H,1-2H3. The van der Waals surface area contributed by atoms with Crippen LogP contribution in [0.4, 0.5) is 4.39 Å². The van der Waals surface area contributed by atoms with Crippen LogP contribution in [0.25, 0.3) is 10.4 Å². The molecule has 1 heterocycles. The van der Waals surface area contributed by atoms with E-state index in [1.54, 1.807) is 12.1 Å². The number of hydrogen-bond donors (Lipinski definition) is 0. The van der Waals surface area contributed by atoms with Crippen molar-refractivity contribution in [2.24, 2.45) is 5.92 Å². The fourth-order valence-corrected chi connectivity index (χ4v) is 3.05. The summed E-state index contributed by atoms with van der Waals surface area (Å²) in [4.78, 5) is 13.4. The first kappa shape index (κ1) is 13.2. The SMILES string of the molecule is CC(C)C(=O)c1ccc(-c2ccc(F)cc2Cl)s1. The quantitative estimate of drug-likeness (QED) is 0.720. The summed E-state index contributed by atoms with van der Waals surface area (Å²) in [6, 6.07) is 7.92. The molecule has 1 aromatic carbocycles. The molecule has 18 heavy (non-hydrogen) atoms. The van der Waals surface area contributed by atoms with E-state index in [1.165, 1.54) is 23.5 Å². The van der Waals surface area contributed by atoms with Gasteiger partial charge in [-0.15, -0.1) is 11.3 Å². The minimum atomic E-state index is -0.362. The maximum Gasteiger partial charge on any atom is 0.175 e. The molecule has 0 bridgehead atoms. The van der Waals surface area contributed by atoms with E-state index >= 15 is 0 Å². The molecule has 4 heteroatoms. The maximum atomic E-state index is 13.0. The highest BCUT2D eigenvalue weighted by Crippen LogP contribution is 2.34. The predicted octanol–water partition coefficient (Wildman–Crippen LogP) is 5.05. The van der Waals surface area contributed by atoms with E-state index in [0.717, 1.165) is 10.4 Å². The number of rotatable bonds is 3. The van der Waals surface area contributed by atoms with E-state index in [9.17, 15) is 9.18 Å². The van der Waals surface area contributed by atoms with Gasteiger partial charge in [-0.3, -0.25) is 4.79 Å². The second-order valence-electron chi connectivity index (χ2n) is 4.31. The minimum Gasteiger partial charge on any atom is -0.293 e. The number of carbonyl (C=O) groups excluding carboxylic acids is 1. The molecule has 1 nitrogen and oxygen atoms in total. The minimum absolute atomic E-state index is 0.0276. The first-order valence-corrected chi connectivity index (χ1v) is 6.78. The van der Waals surface area contributed by atoms with Gasteiger partial charge in [0.15, 0.2) is 5.78 Å². The Bertz CT molecular complexity index is 589. The van der Waals surface area contributed by atoms with Crippen molar-refractivity contribution in [3.8, 4) is 10.4 Å². The number of ketones is 1. The molecular formula is C14H12ClFOS. The van der Waals surface area contributed by atoms with E-state index in [2.05, 4.69) is 0 Å². The number of halogens is 2. The highest BCUT2D eigenvalue weighted by molar-refractivity contribution is 7.17. The van der Waals surface area contributed by atoms with Crippen LogP contribution in [-0.4, -0.2) is 5.78 Å². The van der Waals surface area contributed by atoms with Crippen molar-refractivity contribution in [1.82, 2.24) is 0 Å². The molecular weight excluding hydrogens is 271 g/mol. The summed E-state index contributed by atoms with van der Waals surface area (Å²) < 4.78 is 13.0. The average molecular weight is 283 g/mol. The highest BCUT2D eigenvalue weighted by Gasteiger charge is 2.14. The average Bonchev–Trinajstić information content (AvgIpc) is 2.77. The van der Waals surface area contributed by atoms with Crippen LogP contribution in [0.15, 0.2) is 30.3 Å². The van der Waals surface area contributed by atoms with Crippen LogP contribution in [0, 0.1) is 11.7 Å². The van der Waals surface area contributed by atoms with Crippen LogP contribution in [-0.2, 0) is 0 Å². The topological polar surface area (TPSA) is 17.1 Å². The lowest BCUT2D eigenvalue weighted by molar-refractivity contribution is 0.0943. The Labute approximate surface area is 114 Å². The molecule has 2 rings (SSSR count). The number of hydrogen-bond acceptors (Lipinski definition) is 2.